The van der Waals surface area contributed by atoms with Crippen LogP contribution >= 0.6 is 0 Å². The molecule has 1 atom stereocenters. The number of aliphatic hydroxyl groups is 1. The third-order valence-corrected chi connectivity index (χ3v) is 5.56. The molecule has 6 heteroatoms. The predicted octanol–water partition coefficient (Wildman–Crippen LogP) is 3.39. The molecule has 2 aromatic carbocycles. The van der Waals surface area contributed by atoms with E-state index in [2.05, 4.69) is 40.2 Å². The van der Waals surface area contributed by atoms with Gasteiger partial charge in [0.1, 0.15) is 11.3 Å². The van der Waals surface area contributed by atoms with E-state index in [-0.39, 0.29) is 6.10 Å². The number of anilines is 1. The summed E-state index contributed by atoms with van der Waals surface area (Å²) in [7, 11) is 0. The Morgan fingerprint density at radius 2 is 1.80 bits per heavy atom. The number of β-amino-alcohol motifs (C(OH)–C–C–N with tert-alkyl or cyclic N) is 1. The third-order valence-electron chi connectivity index (χ3n) is 5.56. The second-order valence-corrected chi connectivity index (χ2v) is 7.61. The van der Waals surface area contributed by atoms with E-state index in [4.69, 9.17) is 15.7 Å². The van der Waals surface area contributed by atoms with Crippen molar-refractivity contribution in [3.63, 3.8) is 0 Å². The molecule has 0 aliphatic carbocycles. The van der Waals surface area contributed by atoms with Crippen LogP contribution in [0.15, 0.2) is 66.9 Å². The van der Waals surface area contributed by atoms with Crippen LogP contribution in [0.25, 0.3) is 33.5 Å². The molecule has 0 saturated carbocycles. The van der Waals surface area contributed by atoms with Gasteiger partial charge in [-0.2, -0.15) is 0 Å². The molecule has 0 amide bonds. The van der Waals surface area contributed by atoms with Crippen molar-refractivity contribution in [2.75, 3.05) is 18.0 Å². The number of benzene rings is 2. The maximum atomic E-state index is 9.86. The Hall–Kier alpha value is -3.35. The fourth-order valence-corrected chi connectivity index (χ4v) is 3.89. The first-order valence-electron chi connectivity index (χ1n) is 10.2. The second-order valence-electron chi connectivity index (χ2n) is 7.61. The highest BCUT2D eigenvalue weighted by Crippen LogP contribution is 2.33. The quantitative estimate of drug-likeness (QED) is 0.549. The van der Waals surface area contributed by atoms with E-state index >= 15 is 0 Å². The zero-order valence-corrected chi connectivity index (χ0v) is 16.6. The molecule has 1 fully saturated rings. The molecule has 5 rings (SSSR count). The summed E-state index contributed by atoms with van der Waals surface area (Å²) in [6.45, 7) is 1.86. The van der Waals surface area contributed by atoms with Gasteiger partial charge in [0.25, 0.3) is 0 Å². The van der Waals surface area contributed by atoms with E-state index in [0.29, 0.717) is 18.7 Å². The standard InChI is InChI=1S/C24H23N5O/c25-13-16-6-8-18(9-7-16)23-20(17-4-2-1-3-5-17)12-21-24(28-23)27-22(14-26-21)29-11-10-19(30)15-29/h1-9,12,14,19,30H,10-11,13,15,25H2. The van der Waals surface area contributed by atoms with Crippen LogP contribution in [0.3, 0.4) is 0 Å². The van der Waals surface area contributed by atoms with E-state index < -0.39 is 0 Å². The van der Waals surface area contributed by atoms with Crippen LogP contribution in [0.4, 0.5) is 5.82 Å². The molecule has 1 aliphatic heterocycles. The summed E-state index contributed by atoms with van der Waals surface area (Å²) in [4.78, 5) is 16.4. The van der Waals surface area contributed by atoms with E-state index in [1.807, 2.05) is 30.3 Å². The lowest BCUT2D eigenvalue weighted by Crippen LogP contribution is -2.22. The van der Waals surface area contributed by atoms with Gasteiger partial charge in [-0.15, -0.1) is 0 Å². The minimum Gasteiger partial charge on any atom is -0.391 e. The zero-order chi connectivity index (χ0) is 20.5. The van der Waals surface area contributed by atoms with Gasteiger partial charge in [-0.3, -0.25) is 0 Å². The van der Waals surface area contributed by atoms with Crippen molar-refractivity contribution >= 4 is 17.0 Å². The van der Waals surface area contributed by atoms with Gasteiger partial charge >= 0.3 is 0 Å². The number of fused-ring (bicyclic) bond motifs is 1. The third kappa shape index (κ3) is 3.51. The van der Waals surface area contributed by atoms with Gasteiger partial charge in [0, 0.05) is 30.8 Å². The number of hydrogen-bond donors (Lipinski definition) is 2. The molecule has 3 N–H and O–H groups in total. The molecule has 0 bridgehead atoms. The maximum absolute atomic E-state index is 9.86. The molecule has 6 nitrogen and oxygen atoms in total. The largest absolute Gasteiger partial charge is 0.391 e. The number of aliphatic hydroxyl groups excluding tert-OH is 1. The van der Waals surface area contributed by atoms with Crippen molar-refractivity contribution in [2.45, 2.75) is 19.1 Å². The monoisotopic (exact) mass is 397 g/mol. The summed E-state index contributed by atoms with van der Waals surface area (Å²) in [5.74, 6) is 0.753. The predicted molar refractivity (Wildman–Crippen MR) is 119 cm³/mol. The Labute approximate surface area is 175 Å². The molecule has 4 aromatic rings. The van der Waals surface area contributed by atoms with E-state index in [0.717, 1.165) is 52.2 Å². The summed E-state index contributed by atoms with van der Waals surface area (Å²) in [6, 6.07) is 20.4. The molecular formula is C24H23N5O. The Bertz CT molecular complexity index is 1180. The average Bonchev–Trinajstić information content (AvgIpc) is 3.25. The van der Waals surface area contributed by atoms with Gasteiger partial charge in [0.15, 0.2) is 5.65 Å². The molecule has 0 radical (unpaired) electrons. The fourth-order valence-electron chi connectivity index (χ4n) is 3.89. The fraction of sp³-hybridized carbons (Fsp3) is 0.208. The van der Waals surface area contributed by atoms with E-state index in [9.17, 15) is 5.11 Å². The average molecular weight is 397 g/mol. The number of pyridine rings is 1. The molecule has 2 aromatic heterocycles. The van der Waals surface area contributed by atoms with Gasteiger partial charge < -0.3 is 15.7 Å². The topological polar surface area (TPSA) is 88.2 Å². The Morgan fingerprint density at radius 1 is 1.00 bits per heavy atom. The number of nitrogens with two attached hydrogens (primary N) is 1. The summed E-state index contributed by atoms with van der Waals surface area (Å²) in [5.41, 5.74) is 12.2. The Balaban J connectivity index is 1.66. The van der Waals surface area contributed by atoms with Gasteiger partial charge in [-0.05, 0) is 23.6 Å². The molecular weight excluding hydrogens is 374 g/mol. The normalized spacial score (nSPS) is 16.3. The van der Waals surface area contributed by atoms with Crippen molar-refractivity contribution in [1.29, 1.82) is 0 Å². The van der Waals surface area contributed by atoms with Gasteiger partial charge in [-0.25, -0.2) is 15.0 Å². The van der Waals surface area contributed by atoms with Crippen molar-refractivity contribution in [2.24, 2.45) is 5.73 Å². The summed E-state index contributed by atoms with van der Waals surface area (Å²) in [5, 5.41) is 9.86. The first-order valence-corrected chi connectivity index (χ1v) is 10.2. The molecule has 0 spiro atoms. The zero-order valence-electron chi connectivity index (χ0n) is 16.6. The molecule has 1 saturated heterocycles. The van der Waals surface area contributed by atoms with Gasteiger partial charge in [0.2, 0.25) is 0 Å². The number of aromatic nitrogens is 3. The highest BCUT2D eigenvalue weighted by atomic mass is 16.3. The minimum absolute atomic E-state index is 0.312. The Morgan fingerprint density at radius 3 is 2.50 bits per heavy atom. The van der Waals surface area contributed by atoms with Crippen LogP contribution in [0.5, 0.6) is 0 Å². The summed E-state index contributed by atoms with van der Waals surface area (Å²) >= 11 is 0. The maximum Gasteiger partial charge on any atom is 0.180 e. The highest BCUT2D eigenvalue weighted by molar-refractivity contribution is 5.88. The number of hydrogen-bond acceptors (Lipinski definition) is 6. The van der Waals surface area contributed by atoms with Crippen LogP contribution in [-0.4, -0.2) is 39.3 Å². The second kappa shape index (κ2) is 7.82. The first-order chi connectivity index (χ1) is 14.7. The van der Waals surface area contributed by atoms with Gasteiger partial charge in [0.05, 0.1) is 18.0 Å². The van der Waals surface area contributed by atoms with Crippen LogP contribution in [-0.2, 0) is 6.54 Å². The lowest BCUT2D eigenvalue weighted by atomic mass is 9.98. The van der Waals surface area contributed by atoms with Crippen LogP contribution in [0.1, 0.15) is 12.0 Å². The molecule has 150 valence electrons. The molecule has 1 unspecified atom stereocenters. The van der Waals surface area contributed by atoms with Crippen LogP contribution in [0.2, 0.25) is 0 Å². The van der Waals surface area contributed by atoms with E-state index in [1.54, 1.807) is 6.20 Å². The molecule has 1 aliphatic rings. The highest BCUT2D eigenvalue weighted by Gasteiger charge is 2.22. The Kier molecular flexibility index (Phi) is 4.86. The number of nitrogens with zero attached hydrogens (tertiary/aromatic N) is 4. The lowest BCUT2D eigenvalue weighted by Gasteiger charge is -2.17. The summed E-state index contributed by atoms with van der Waals surface area (Å²) in [6.07, 6.45) is 2.21. The van der Waals surface area contributed by atoms with Crippen molar-refractivity contribution in [1.82, 2.24) is 15.0 Å². The van der Waals surface area contributed by atoms with Crippen LogP contribution in [0, 0.1) is 0 Å². The van der Waals surface area contributed by atoms with Crippen molar-refractivity contribution < 1.29 is 5.11 Å². The molecule has 30 heavy (non-hydrogen) atoms. The molecule has 3 heterocycles. The number of rotatable bonds is 4. The smallest absolute Gasteiger partial charge is 0.180 e. The lowest BCUT2D eigenvalue weighted by molar-refractivity contribution is 0.198. The summed E-state index contributed by atoms with van der Waals surface area (Å²) < 4.78 is 0. The van der Waals surface area contributed by atoms with Gasteiger partial charge in [-0.1, -0.05) is 54.6 Å². The van der Waals surface area contributed by atoms with Crippen LogP contribution < -0.4 is 10.6 Å². The van der Waals surface area contributed by atoms with Crippen molar-refractivity contribution in [3.05, 3.63) is 72.4 Å². The van der Waals surface area contributed by atoms with E-state index in [1.165, 1.54) is 0 Å². The SMILES string of the molecule is NCc1ccc(-c2nc3nc(N4CCC(O)C4)cnc3cc2-c2ccccc2)cc1. The first kappa shape index (κ1) is 18.7. The van der Waals surface area contributed by atoms with Crippen molar-refractivity contribution in [3.8, 4) is 22.4 Å². The minimum atomic E-state index is -0.312.